The van der Waals surface area contributed by atoms with Gasteiger partial charge in [-0.2, -0.15) is 0 Å². The molecule has 12 heavy (non-hydrogen) atoms. The number of rotatable bonds is 2. The molecule has 2 nitrogen and oxygen atoms in total. The van der Waals surface area contributed by atoms with Gasteiger partial charge in [0, 0.05) is 12.0 Å². The van der Waals surface area contributed by atoms with E-state index >= 15 is 0 Å². The van der Waals surface area contributed by atoms with Crippen LogP contribution in [0.25, 0.3) is 0 Å². The third-order valence-electron chi connectivity index (χ3n) is 3.76. The quantitative estimate of drug-likeness (QED) is 0.666. The third-order valence-corrected chi connectivity index (χ3v) is 3.76. The zero-order valence-electron chi connectivity index (χ0n) is 8.00. The Morgan fingerprint density at radius 1 is 1.58 bits per heavy atom. The maximum Gasteiger partial charge on any atom is 0.132 e. The summed E-state index contributed by atoms with van der Waals surface area (Å²) in [5.41, 5.74) is 0. The largest absolute Gasteiger partial charge is 0.314 e. The van der Waals surface area contributed by atoms with Gasteiger partial charge in [0.15, 0.2) is 0 Å². The summed E-state index contributed by atoms with van der Waals surface area (Å²) in [5.74, 6) is 2.95. The molecule has 1 aliphatic heterocycles. The highest BCUT2D eigenvalue weighted by atomic mass is 16.1. The Balaban J connectivity index is 1.99. The van der Waals surface area contributed by atoms with Crippen molar-refractivity contribution in [1.82, 2.24) is 5.32 Å². The molecular weight excluding hydrogens is 150 g/mol. The van der Waals surface area contributed by atoms with Gasteiger partial charge in [-0.05, 0) is 38.1 Å². The number of hydrogen-bond donors (Lipinski definition) is 1. The standard InChI is InChI=1S/C10H17NO/c1-5(7(3)12)9-8-4-11-6(2)10(8)9/h5-6,8-11H,4H2,1-3H3. The molecule has 0 radical (unpaired) electrons. The molecule has 1 N–H and O–H groups in total. The normalized spacial score (nSPS) is 46.9. The van der Waals surface area contributed by atoms with Crippen LogP contribution in [0.1, 0.15) is 20.8 Å². The maximum atomic E-state index is 11.1. The zero-order chi connectivity index (χ0) is 8.88. The van der Waals surface area contributed by atoms with E-state index in [4.69, 9.17) is 0 Å². The lowest BCUT2D eigenvalue weighted by atomic mass is 9.97. The minimum absolute atomic E-state index is 0.296. The molecule has 1 aliphatic carbocycles. The first-order valence-corrected chi connectivity index (χ1v) is 4.86. The molecule has 0 bridgehead atoms. The monoisotopic (exact) mass is 167 g/mol. The lowest BCUT2D eigenvalue weighted by Gasteiger charge is -2.13. The predicted octanol–water partition coefficient (Wildman–Crippen LogP) is 1.07. The lowest BCUT2D eigenvalue weighted by molar-refractivity contribution is -0.121. The van der Waals surface area contributed by atoms with E-state index in [-0.39, 0.29) is 0 Å². The highest BCUT2D eigenvalue weighted by Gasteiger charge is 2.58. The first-order valence-electron chi connectivity index (χ1n) is 4.86. The van der Waals surface area contributed by atoms with Gasteiger partial charge in [0.05, 0.1) is 0 Å². The second-order valence-electron chi connectivity index (χ2n) is 4.41. The van der Waals surface area contributed by atoms with Crippen LogP contribution in [-0.2, 0) is 4.79 Å². The average molecular weight is 167 g/mol. The smallest absolute Gasteiger partial charge is 0.132 e. The summed E-state index contributed by atoms with van der Waals surface area (Å²) in [4.78, 5) is 11.1. The number of ketones is 1. The predicted molar refractivity (Wildman–Crippen MR) is 47.8 cm³/mol. The van der Waals surface area contributed by atoms with Crippen LogP contribution in [0.2, 0.25) is 0 Å². The highest BCUT2D eigenvalue weighted by molar-refractivity contribution is 5.78. The second-order valence-corrected chi connectivity index (χ2v) is 4.41. The lowest BCUT2D eigenvalue weighted by Crippen LogP contribution is -2.27. The summed E-state index contributed by atoms with van der Waals surface area (Å²) in [5, 5.41) is 3.43. The van der Waals surface area contributed by atoms with E-state index < -0.39 is 0 Å². The Kier molecular flexibility index (Phi) is 1.76. The van der Waals surface area contributed by atoms with Crippen molar-refractivity contribution < 1.29 is 4.79 Å². The second kappa shape index (κ2) is 2.56. The number of piperidine rings is 1. The summed E-state index contributed by atoms with van der Waals surface area (Å²) < 4.78 is 0. The van der Waals surface area contributed by atoms with Gasteiger partial charge in [0.2, 0.25) is 0 Å². The molecule has 0 spiro atoms. The molecule has 5 atom stereocenters. The number of Topliss-reactive ketones (excluding diaryl/α,β-unsaturated/α-hetero) is 1. The van der Waals surface area contributed by atoms with Crippen molar-refractivity contribution in [2.24, 2.45) is 23.7 Å². The molecule has 68 valence electrons. The first-order chi connectivity index (χ1) is 5.63. The van der Waals surface area contributed by atoms with E-state index in [0.29, 0.717) is 23.7 Å². The summed E-state index contributed by atoms with van der Waals surface area (Å²) in [6.45, 7) is 7.17. The fourth-order valence-electron chi connectivity index (χ4n) is 2.84. The van der Waals surface area contributed by atoms with Crippen LogP contribution in [0.15, 0.2) is 0 Å². The molecule has 1 heterocycles. The molecule has 2 rings (SSSR count). The molecule has 0 aromatic rings. The number of nitrogens with one attached hydrogen (secondary N) is 1. The summed E-state index contributed by atoms with van der Waals surface area (Å²) in [7, 11) is 0. The van der Waals surface area contributed by atoms with Crippen LogP contribution in [0.4, 0.5) is 0 Å². The number of hydrogen-bond acceptors (Lipinski definition) is 2. The molecule has 0 aromatic heterocycles. The van der Waals surface area contributed by atoms with Gasteiger partial charge in [0.1, 0.15) is 5.78 Å². The van der Waals surface area contributed by atoms with Crippen molar-refractivity contribution in [2.75, 3.05) is 6.54 Å². The Labute approximate surface area is 73.7 Å². The van der Waals surface area contributed by atoms with Gasteiger partial charge >= 0.3 is 0 Å². The van der Waals surface area contributed by atoms with Crippen molar-refractivity contribution in [3.05, 3.63) is 0 Å². The molecule has 2 aliphatic rings. The highest BCUT2D eigenvalue weighted by Crippen LogP contribution is 2.55. The number of carbonyl (C=O) groups excluding carboxylic acids is 1. The van der Waals surface area contributed by atoms with Crippen LogP contribution in [-0.4, -0.2) is 18.4 Å². The van der Waals surface area contributed by atoms with E-state index in [1.807, 2.05) is 0 Å². The molecular formula is C10H17NO. The first kappa shape index (κ1) is 8.24. The number of fused-ring (bicyclic) bond motifs is 1. The summed E-state index contributed by atoms with van der Waals surface area (Å²) >= 11 is 0. The van der Waals surface area contributed by atoms with Gasteiger partial charge in [-0.1, -0.05) is 6.92 Å². The Hall–Kier alpha value is -0.370. The Morgan fingerprint density at radius 2 is 2.25 bits per heavy atom. The average Bonchev–Trinajstić information content (AvgIpc) is 2.62. The van der Waals surface area contributed by atoms with Gasteiger partial charge in [0.25, 0.3) is 0 Å². The Bertz CT molecular complexity index is 214. The Morgan fingerprint density at radius 3 is 2.67 bits per heavy atom. The number of carbonyl (C=O) groups is 1. The van der Waals surface area contributed by atoms with Gasteiger partial charge in [-0.25, -0.2) is 0 Å². The molecule has 5 unspecified atom stereocenters. The summed E-state index contributed by atoms with van der Waals surface area (Å²) in [6, 6.07) is 0.641. The fourth-order valence-corrected chi connectivity index (χ4v) is 2.84. The van der Waals surface area contributed by atoms with Crippen LogP contribution in [0, 0.1) is 23.7 Å². The third kappa shape index (κ3) is 1.01. The van der Waals surface area contributed by atoms with Crippen molar-refractivity contribution in [1.29, 1.82) is 0 Å². The van der Waals surface area contributed by atoms with Gasteiger partial charge in [-0.3, -0.25) is 4.79 Å². The van der Waals surface area contributed by atoms with Gasteiger partial charge in [-0.15, -0.1) is 0 Å². The van der Waals surface area contributed by atoms with Crippen LogP contribution < -0.4 is 5.32 Å². The summed E-state index contributed by atoms with van der Waals surface area (Å²) in [6.07, 6.45) is 0. The minimum Gasteiger partial charge on any atom is -0.314 e. The van der Waals surface area contributed by atoms with E-state index in [1.165, 1.54) is 0 Å². The maximum absolute atomic E-state index is 11.1. The van der Waals surface area contributed by atoms with E-state index in [2.05, 4.69) is 19.2 Å². The topological polar surface area (TPSA) is 29.1 Å². The molecule has 1 saturated heterocycles. The van der Waals surface area contributed by atoms with E-state index in [9.17, 15) is 4.79 Å². The van der Waals surface area contributed by atoms with Crippen molar-refractivity contribution >= 4 is 5.78 Å². The SMILES string of the molecule is CC(=O)C(C)C1C2CNC(C)C21. The molecule has 2 fully saturated rings. The van der Waals surface area contributed by atoms with Crippen LogP contribution >= 0.6 is 0 Å². The van der Waals surface area contributed by atoms with Crippen molar-refractivity contribution in [2.45, 2.75) is 26.8 Å². The minimum atomic E-state index is 0.296. The van der Waals surface area contributed by atoms with Crippen molar-refractivity contribution in [3.8, 4) is 0 Å². The zero-order valence-corrected chi connectivity index (χ0v) is 8.00. The van der Waals surface area contributed by atoms with E-state index in [0.717, 1.165) is 18.4 Å². The molecule has 2 heteroatoms. The van der Waals surface area contributed by atoms with Gasteiger partial charge < -0.3 is 5.32 Å². The van der Waals surface area contributed by atoms with E-state index in [1.54, 1.807) is 6.92 Å². The van der Waals surface area contributed by atoms with Crippen LogP contribution in [0.3, 0.4) is 0 Å². The molecule has 1 saturated carbocycles. The fraction of sp³-hybridized carbons (Fsp3) is 0.900. The molecule has 0 amide bonds. The molecule has 0 aromatic carbocycles. The van der Waals surface area contributed by atoms with Crippen LogP contribution in [0.5, 0.6) is 0 Å². The van der Waals surface area contributed by atoms with Crippen molar-refractivity contribution in [3.63, 3.8) is 0 Å².